The number of aromatic nitrogens is 1. The highest BCUT2D eigenvalue weighted by Crippen LogP contribution is 2.24. The number of aryl methyl sites for hydroxylation is 1. The molecule has 1 N–H and O–H groups in total. The lowest BCUT2D eigenvalue weighted by Crippen LogP contribution is -2.25. The van der Waals surface area contributed by atoms with E-state index in [4.69, 9.17) is 25.5 Å². The second kappa shape index (κ2) is 10.4. The first-order valence-corrected chi connectivity index (χ1v) is 9.58. The predicted molar refractivity (Wildman–Crippen MR) is 115 cm³/mol. The van der Waals surface area contributed by atoms with Crippen molar-refractivity contribution in [3.8, 4) is 23.3 Å². The molecule has 9 heteroatoms. The number of nitriles is 1. The van der Waals surface area contributed by atoms with Crippen molar-refractivity contribution < 1.29 is 18.7 Å². The lowest BCUT2D eigenvalue weighted by molar-refractivity contribution is -0.123. The van der Waals surface area contributed by atoms with Crippen LogP contribution in [-0.4, -0.2) is 30.8 Å². The summed E-state index contributed by atoms with van der Waals surface area (Å²) >= 11 is 5.99. The maximum atomic E-state index is 12.0. The van der Waals surface area contributed by atoms with E-state index in [2.05, 4.69) is 15.5 Å². The van der Waals surface area contributed by atoms with Gasteiger partial charge in [-0.2, -0.15) is 10.4 Å². The quantitative estimate of drug-likeness (QED) is 0.422. The van der Waals surface area contributed by atoms with Gasteiger partial charge in [-0.3, -0.25) is 4.79 Å². The Bertz CT molecular complexity index is 1150. The first-order chi connectivity index (χ1) is 15.0. The highest BCUT2D eigenvalue weighted by Gasteiger charge is 2.14. The van der Waals surface area contributed by atoms with Crippen LogP contribution in [0.4, 0.5) is 0 Å². The number of furan rings is 1. The number of methoxy groups -OCH3 is 1. The number of pyridine rings is 1. The third-order valence-corrected chi connectivity index (χ3v) is 4.30. The average Bonchev–Trinajstić information content (AvgIpc) is 3.21. The molecular weight excluding hydrogens is 420 g/mol. The molecule has 0 unspecified atom stereocenters. The maximum Gasteiger partial charge on any atom is 0.278 e. The Morgan fingerprint density at radius 2 is 2.19 bits per heavy atom. The highest BCUT2D eigenvalue weighted by molar-refractivity contribution is 6.30. The molecule has 1 aromatic carbocycles. The Hall–Kier alpha value is -3.67. The van der Waals surface area contributed by atoms with Crippen molar-refractivity contribution in [1.82, 2.24) is 10.4 Å². The van der Waals surface area contributed by atoms with E-state index in [0.29, 0.717) is 27.8 Å². The zero-order chi connectivity index (χ0) is 22.2. The number of hydrazone groups is 1. The van der Waals surface area contributed by atoms with Gasteiger partial charge in [-0.15, -0.1) is 0 Å². The van der Waals surface area contributed by atoms with Crippen molar-refractivity contribution in [1.29, 1.82) is 5.26 Å². The van der Waals surface area contributed by atoms with Crippen molar-refractivity contribution in [2.24, 2.45) is 5.10 Å². The van der Waals surface area contributed by atoms with E-state index in [-0.39, 0.29) is 24.7 Å². The van der Waals surface area contributed by atoms with Crippen molar-refractivity contribution in [3.05, 3.63) is 70.1 Å². The summed E-state index contributed by atoms with van der Waals surface area (Å²) in [5.74, 6) is 0.636. The van der Waals surface area contributed by atoms with E-state index >= 15 is 0 Å². The number of hydrogen-bond acceptors (Lipinski definition) is 7. The number of rotatable bonds is 8. The Balaban J connectivity index is 1.58. The lowest BCUT2D eigenvalue weighted by Gasteiger charge is -2.10. The van der Waals surface area contributed by atoms with Crippen molar-refractivity contribution in [2.75, 3.05) is 13.7 Å². The molecule has 0 saturated carbocycles. The molecule has 0 aliphatic carbocycles. The van der Waals surface area contributed by atoms with E-state index in [9.17, 15) is 10.1 Å². The normalized spacial score (nSPS) is 10.8. The molecule has 2 heterocycles. The fourth-order valence-electron chi connectivity index (χ4n) is 2.76. The van der Waals surface area contributed by atoms with Crippen molar-refractivity contribution >= 4 is 23.7 Å². The number of nitrogens with zero attached hydrogens (tertiary/aromatic N) is 3. The second-order valence-corrected chi connectivity index (χ2v) is 6.88. The number of amides is 1. The molecule has 158 valence electrons. The molecule has 8 nitrogen and oxygen atoms in total. The van der Waals surface area contributed by atoms with Gasteiger partial charge in [0.2, 0.25) is 5.88 Å². The number of benzene rings is 1. The van der Waals surface area contributed by atoms with Crippen LogP contribution in [0, 0.1) is 18.3 Å². The summed E-state index contributed by atoms with van der Waals surface area (Å²) in [6.07, 6.45) is 1.37. The summed E-state index contributed by atoms with van der Waals surface area (Å²) in [7, 11) is 1.53. The summed E-state index contributed by atoms with van der Waals surface area (Å²) in [6, 6.07) is 14.5. The van der Waals surface area contributed by atoms with Gasteiger partial charge in [-0.25, -0.2) is 10.4 Å². The van der Waals surface area contributed by atoms with E-state index in [1.807, 2.05) is 18.2 Å². The van der Waals surface area contributed by atoms with Crippen molar-refractivity contribution in [3.63, 3.8) is 0 Å². The fraction of sp³-hybridized carbons (Fsp3) is 0.182. The van der Waals surface area contributed by atoms with E-state index in [0.717, 1.165) is 5.56 Å². The first kappa shape index (κ1) is 22.0. The molecule has 0 radical (unpaired) electrons. The molecule has 3 aromatic rings. The van der Waals surface area contributed by atoms with E-state index in [1.165, 1.54) is 13.3 Å². The summed E-state index contributed by atoms with van der Waals surface area (Å²) in [5, 5.41) is 13.8. The number of nitrogens with one attached hydrogen (secondary N) is 1. The van der Waals surface area contributed by atoms with Crippen LogP contribution in [0.15, 0.2) is 52.0 Å². The molecule has 2 aromatic heterocycles. The second-order valence-electron chi connectivity index (χ2n) is 6.44. The Kier molecular flexibility index (Phi) is 7.38. The first-order valence-electron chi connectivity index (χ1n) is 9.20. The van der Waals surface area contributed by atoms with Crippen molar-refractivity contribution in [2.45, 2.75) is 13.5 Å². The van der Waals surface area contributed by atoms with Gasteiger partial charge in [-0.05, 0) is 37.3 Å². The third kappa shape index (κ3) is 5.92. The largest absolute Gasteiger partial charge is 0.467 e. The lowest BCUT2D eigenvalue weighted by atomic mass is 10.1. The smallest absolute Gasteiger partial charge is 0.278 e. The number of carbonyl (C=O) groups excluding carboxylic acids is 1. The SMILES string of the molecule is COCc1cc(C)nc(OCC(=O)NN=Cc2ccc(-c3cccc(Cl)c3)o2)c1C#N. The fourth-order valence-corrected chi connectivity index (χ4v) is 2.95. The van der Waals surface area contributed by atoms with Crippen LogP contribution >= 0.6 is 11.6 Å². The van der Waals surface area contributed by atoms with Crippen LogP contribution in [-0.2, 0) is 16.1 Å². The van der Waals surface area contributed by atoms with Gasteiger partial charge < -0.3 is 13.9 Å². The number of halogens is 1. The number of carbonyl (C=O) groups is 1. The molecule has 31 heavy (non-hydrogen) atoms. The van der Waals surface area contributed by atoms with Crippen LogP contribution in [0.5, 0.6) is 5.88 Å². The summed E-state index contributed by atoms with van der Waals surface area (Å²) in [6.45, 7) is 1.64. The zero-order valence-corrected chi connectivity index (χ0v) is 17.6. The molecule has 0 atom stereocenters. The molecule has 0 fully saturated rings. The Labute approximate surface area is 184 Å². The minimum Gasteiger partial charge on any atom is -0.467 e. The van der Waals surface area contributed by atoms with Gasteiger partial charge in [0.25, 0.3) is 5.91 Å². The van der Waals surface area contributed by atoms with Gasteiger partial charge >= 0.3 is 0 Å². The van der Waals surface area contributed by atoms with Crippen LogP contribution < -0.4 is 10.2 Å². The number of ether oxygens (including phenoxy) is 2. The molecule has 0 spiro atoms. The molecule has 0 aliphatic heterocycles. The standard InChI is InChI=1S/C22H19ClN4O4/c1-14-8-16(12-29-2)19(10-24)22(26-14)30-13-21(28)27-25-11-18-6-7-20(31-18)15-4-3-5-17(23)9-15/h3-9,11H,12-13H2,1-2H3,(H,27,28). The van der Waals surface area contributed by atoms with Gasteiger partial charge in [0, 0.05) is 29.0 Å². The predicted octanol–water partition coefficient (Wildman–Crippen LogP) is 3.85. The minimum atomic E-state index is -0.515. The molecule has 0 aliphatic rings. The van der Waals surface area contributed by atoms with E-state index in [1.54, 1.807) is 37.3 Å². The molecular formula is C22H19ClN4O4. The average molecular weight is 439 g/mol. The van der Waals surface area contributed by atoms with Crippen LogP contribution in [0.1, 0.15) is 22.6 Å². The monoisotopic (exact) mass is 438 g/mol. The summed E-state index contributed by atoms with van der Waals surface area (Å²) < 4.78 is 16.2. The van der Waals surface area contributed by atoms with Crippen LogP contribution in [0.3, 0.4) is 0 Å². The zero-order valence-electron chi connectivity index (χ0n) is 16.9. The molecule has 0 saturated heterocycles. The molecule has 0 bridgehead atoms. The molecule has 1 amide bonds. The van der Waals surface area contributed by atoms with Crippen LogP contribution in [0.25, 0.3) is 11.3 Å². The third-order valence-electron chi connectivity index (χ3n) is 4.06. The topological polar surface area (TPSA) is 110 Å². The van der Waals surface area contributed by atoms with Gasteiger partial charge in [0.1, 0.15) is 23.2 Å². The summed E-state index contributed by atoms with van der Waals surface area (Å²) in [5.41, 5.74) is 4.68. The number of hydrogen-bond donors (Lipinski definition) is 1. The van der Waals surface area contributed by atoms with Gasteiger partial charge in [-0.1, -0.05) is 23.7 Å². The van der Waals surface area contributed by atoms with E-state index < -0.39 is 5.91 Å². The van der Waals surface area contributed by atoms with Gasteiger partial charge in [0.15, 0.2) is 6.61 Å². The highest BCUT2D eigenvalue weighted by atomic mass is 35.5. The molecule has 3 rings (SSSR count). The maximum absolute atomic E-state index is 12.0. The van der Waals surface area contributed by atoms with Crippen LogP contribution in [0.2, 0.25) is 5.02 Å². The Morgan fingerprint density at radius 3 is 2.94 bits per heavy atom. The summed E-state index contributed by atoms with van der Waals surface area (Å²) in [4.78, 5) is 16.2. The van der Waals surface area contributed by atoms with Gasteiger partial charge in [0.05, 0.1) is 12.8 Å². The Morgan fingerprint density at radius 1 is 1.35 bits per heavy atom. The minimum absolute atomic E-state index is 0.0749.